The Labute approximate surface area is 130 Å². The van der Waals surface area contributed by atoms with Crippen LogP contribution in [0.1, 0.15) is 38.1 Å². The first-order chi connectivity index (χ1) is 9.69. The summed E-state index contributed by atoms with van der Waals surface area (Å²) in [6, 6.07) is 0. The molecule has 0 aliphatic carbocycles. The lowest BCUT2D eigenvalue weighted by Crippen LogP contribution is -2.35. The second-order valence-electron chi connectivity index (χ2n) is 5.55. The van der Waals surface area contributed by atoms with Crippen molar-refractivity contribution in [1.82, 2.24) is 14.7 Å². The van der Waals surface area contributed by atoms with Crippen molar-refractivity contribution in [1.29, 1.82) is 0 Å². The monoisotopic (exact) mass is 343 g/mol. The van der Waals surface area contributed by atoms with Crippen molar-refractivity contribution in [3.63, 3.8) is 0 Å². The molecule has 20 heavy (non-hydrogen) atoms. The molecule has 2 heterocycles. The molecule has 1 aromatic rings. The van der Waals surface area contributed by atoms with Crippen LogP contribution in [-0.4, -0.2) is 41.5 Å². The summed E-state index contributed by atoms with van der Waals surface area (Å²) < 4.78 is 8.62. The van der Waals surface area contributed by atoms with E-state index in [4.69, 9.17) is 4.74 Å². The van der Waals surface area contributed by atoms with Gasteiger partial charge in [0.05, 0.1) is 15.9 Å². The molecule has 1 aromatic heterocycles. The summed E-state index contributed by atoms with van der Waals surface area (Å²) in [6.07, 6.45) is 3.47. The fourth-order valence-electron chi connectivity index (χ4n) is 2.93. The van der Waals surface area contributed by atoms with Gasteiger partial charge in [-0.3, -0.25) is 9.58 Å². The maximum absolute atomic E-state index is 5.27. The molecule has 0 atom stereocenters. The van der Waals surface area contributed by atoms with Gasteiger partial charge in [-0.2, -0.15) is 5.10 Å². The van der Waals surface area contributed by atoms with Gasteiger partial charge in [0.1, 0.15) is 0 Å². The Kier molecular flexibility index (Phi) is 6.05. The van der Waals surface area contributed by atoms with Gasteiger partial charge in [-0.1, -0.05) is 6.92 Å². The second-order valence-corrected chi connectivity index (χ2v) is 6.34. The van der Waals surface area contributed by atoms with Crippen LogP contribution in [0.2, 0.25) is 0 Å². The lowest BCUT2D eigenvalue weighted by molar-refractivity contribution is 0.0956. The molecule has 0 bridgehead atoms. The van der Waals surface area contributed by atoms with E-state index in [0.717, 1.165) is 45.1 Å². The molecule has 1 fully saturated rings. The first kappa shape index (κ1) is 16.0. The largest absolute Gasteiger partial charge is 0.384 e. The van der Waals surface area contributed by atoms with Crippen LogP contribution < -0.4 is 0 Å². The molecule has 1 aliphatic rings. The molecule has 1 saturated heterocycles. The Hall–Kier alpha value is -0.390. The number of hydrogen-bond donors (Lipinski definition) is 0. The number of aromatic nitrogens is 2. The standard InChI is InChI=1S/C15H26BrN3O/c1-4-13-15(16)14(19(5-2)17-13)10-18-8-6-12(7-9-18)11-20-3/h12H,4-11H2,1-3H3. The fourth-order valence-corrected chi connectivity index (χ4v) is 3.62. The molecule has 0 saturated carbocycles. The van der Waals surface area contributed by atoms with Crippen molar-refractivity contribution < 1.29 is 4.74 Å². The Balaban J connectivity index is 1.99. The zero-order valence-electron chi connectivity index (χ0n) is 12.9. The molecule has 1 aliphatic heterocycles. The number of halogens is 1. The molecule has 0 aromatic carbocycles. The third-order valence-electron chi connectivity index (χ3n) is 4.18. The van der Waals surface area contributed by atoms with Crippen LogP contribution in [0.15, 0.2) is 4.47 Å². The average molecular weight is 344 g/mol. The third-order valence-corrected chi connectivity index (χ3v) is 5.09. The van der Waals surface area contributed by atoms with Crippen molar-refractivity contribution in [2.75, 3.05) is 26.8 Å². The summed E-state index contributed by atoms with van der Waals surface area (Å²) in [5.74, 6) is 0.738. The lowest BCUT2D eigenvalue weighted by Gasteiger charge is -2.31. The number of methoxy groups -OCH3 is 1. The number of ether oxygens (including phenoxy) is 1. The van der Waals surface area contributed by atoms with Crippen LogP contribution in [0.4, 0.5) is 0 Å². The minimum Gasteiger partial charge on any atom is -0.384 e. The maximum atomic E-state index is 5.27. The zero-order chi connectivity index (χ0) is 14.5. The van der Waals surface area contributed by atoms with Crippen molar-refractivity contribution >= 4 is 15.9 Å². The van der Waals surface area contributed by atoms with Crippen LogP contribution in [0.5, 0.6) is 0 Å². The quantitative estimate of drug-likeness (QED) is 0.795. The van der Waals surface area contributed by atoms with Gasteiger partial charge < -0.3 is 4.74 Å². The van der Waals surface area contributed by atoms with Gasteiger partial charge in [-0.15, -0.1) is 0 Å². The third kappa shape index (κ3) is 3.62. The van der Waals surface area contributed by atoms with Crippen LogP contribution in [-0.2, 0) is 24.2 Å². The van der Waals surface area contributed by atoms with Crippen molar-refractivity contribution in [3.05, 3.63) is 15.9 Å². The van der Waals surface area contributed by atoms with Gasteiger partial charge in [-0.25, -0.2) is 0 Å². The van der Waals surface area contributed by atoms with Crippen molar-refractivity contribution in [3.8, 4) is 0 Å². The summed E-state index contributed by atoms with van der Waals surface area (Å²) in [5.41, 5.74) is 2.51. The normalized spacial score (nSPS) is 17.8. The number of nitrogens with zero attached hydrogens (tertiary/aromatic N) is 3. The predicted molar refractivity (Wildman–Crippen MR) is 84.9 cm³/mol. The van der Waals surface area contributed by atoms with E-state index in [0.29, 0.717) is 0 Å². The Bertz CT molecular complexity index is 425. The van der Waals surface area contributed by atoms with Crippen LogP contribution in [0.3, 0.4) is 0 Å². The van der Waals surface area contributed by atoms with E-state index in [-0.39, 0.29) is 0 Å². The van der Waals surface area contributed by atoms with Gasteiger partial charge in [0.25, 0.3) is 0 Å². The highest BCUT2D eigenvalue weighted by Crippen LogP contribution is 2.26. The zero-order valence-corrected chi connectivity index (χ0v) is 14.4. The number of rotatable bonds is 6. The highest BCUT2D eigenvalue weighted by molar-refractivity contribution is 9.10. The molecule has 0 radical (unpaired) electrons. The first-order valence-corrected chi connectivity index (χ1v) is 8.44. The highest BCUT2D eigenvalue weighted by Gasteiger charge is 2.22. The fraction of sp³-hybridized carbons (Fsp3) is 0.800. The minimum absolute atomic E-state index is 0.738. The summed E-state index contributed by atoms with van der Waals surface area (Å²) in [7, 11) is 1.80. The molecule has 0 spiro atoms. The van der Waals surface area contributed by atoms with E-state index < -0.39 is 0 Å². The lowest BCUT2D eigenvalue weighted by atomic mass is 9.98. The Morgan fingerprint density at radius 1 is 1.30 bits per heavy atom. The molecular formula is C15H26BrN3O. The number of piperidine rings is 1. The number of likely N-dealkylation sites (tertiary alicyclic amines) is 1. The topological polar surface area (TPSA) is 30.3 Å². The molecule has 0 amide bonds. The molecule has 2 rings (SSSR count). The van der Waals surface area contributed by atoms with Crippen molar-refractivity contribution in [2.45, 2.75) is 46.2 Å². The smallest absolute Gasteiger partial charge is 0.0767 e. The number of aryl methyl sites for hydroxylation is 2. The molecule has 4 nitrogen and oxygen atoms in total. The van der Waals surface area contributed by atoms with E-state index >= 15 is 0 Å². The molecular weight excluding hydrogens is 318 g/mol. The van der Waals surface area contributed by atoms with E-state index in [9.17, 15) is 0 Å². The number of hydrogen-bond acceptors (Lipinski definition) is 3. The summed E-state index contributed by atoms with van der Waals surface area (Å²) in [5, 5.41) is 4.68. The summed E-state index contributed by atoms with van der Waals surface area (Å²) in [6.45, 7) is 9.49. The van der Waals surface area contributed by atoms with Gasteiger partial charge in [0.2, 0.25) is 0 Å². The molecule has 114 valence electrons. The van der Waals surface area contributed by atoms with Gasteiger partial charge in [0.15, 0.2) is 0 Å². The van der Waals surface area contributed by atoms with E-state index in [1.54, 1.807) is 7.11 Å². The molecule has 0 N–H and O–H groups in total. The molecule has 5 heteroatoms. The second kappa shape index (κ2) is 7.57. The van der Waals surface area contributed by atoms with Gasteiger partial charge in [0, 0.05) is 26.8 Å². The maximum Gasteiger partial charge on any atom is 0.0767 e. The SMILES string of the molecule is CCc1nn(CC)c(CN2CCC(COC)CC2)c1Br. The van der Waals surface area contributed by atoms with E-state index in [1.165, 1.54) is 28.7 Å². The Morgan fingerprint density at radius 3 is 2.55 bits per heavy atom. The Morgan fingerprint density at radius 2 is 2.00 bits per heavy atom. The van der Waals surface area contributed by atoms with Crippen LogP contribution >= 0.6 is 15.9 Å². The van der Waals surface area contributed by atoms with Gasteiger partial charge >= 0.3 is 0 Å². The average Bonchev–Trinajstić information content (AvgIpc) is 2.77. The highest BCUT2D eigenvalue weighted by atomic mass is 79.9. The summed E-state index contributed by atoms with van der Waals surface area (Å²) >= 11 is 3.74. The van der Waals surface area contributed by atoms with Crippen LogP contribution in [0, 0.1) is 5.92 Å². The molecule has 0 unspecified atom stereocenters. The first-order valence-electron chi connectivity index (χ1n) is 7.64. The van der Waals surface area contributed by atoms with Crippen molar-refractivity contribution in [2.24, 2.45) is 5.92 Å². The van der Waals surface area contributed by atoms with Gasteiger partial charge in [-0.05, 0) is 61.1 Å². The predicted octanol–water partition coefficient (Wildman–Crippen LogP) is 3.09. The summed E-state index contributed by atoms with van der Waals surface area (Å²) in [4.78, 5) is 2.54. The minimum atomic E-state index is 0.738. The van der Waals surface area contributed by atoms with E-state index in [2.05, 4.69) is 44.5 Å². The van der Waals surface area contributed by atoms with E-state index in [1.807, 2.05) is 0 Å². The van der Waals surface area contributed by atoms with Crippen LogP contribution in [0.25, 0.3) is 0 Å².